The lowest BCUT2D eigenvalue weighted by Gasteiger charge is -2.25. The van der Waals surface area contributed by atoms with Gasteiger partial charge in [-0.15, -0.1) is 11.3 Å². The number of hydrogen-bond acceptors (Lipinski definition) is 9. The summed E-state index contributed by atoms with van der Waals surface area (Å²) in [7, 11) is -2.50. The van der Waals surface area contributed by atoms with Gasteiger partial charge in [-0.2, -0.15) is 4.72 Å². The Morgan fingerprint density at radius 1 is 1.15 bits per heavy atom. The summed E-state index contributed by atoms with van der Waals surface area (Å²) in [5.74, 6) is -1.17. The van der Waals surface area contributed by atoms with Crippen molar-refractivity contribution >= 4 is 38.3 Å². The highest BCUT2D eigenvalue weighted by molar-refractivity contribution is 7.89. The molecule has 0 spiro atoms. The van der Waals surface area contributed by atoms with Gasteiger partial charge in [0, 0.05) is 18.5 Å². The number of thiazole rings is 1. The van der Waals surface area contributed by atoms with E-state index in [1.807, 2.05) is 4.90 Å². The Morgan fingerprint density at radius 2 is 1.82 bits per heavy atom. The van der Waals surface area contributed by atoms with Crippen molar-refractivity contribution in [3.8, 4) is 5.75 Å². The molecule has 1 aliphatic rings. The average Bonchev–Trinajstić information content (AvgIpc) is 3.32. The molecule has 1 aromatic heterocycles. The highest BCUT2D eigenvalue weighted by atomic mass is 32.2. The monoisotopic (exact) mass is 497 g/mol. The maximum absolute atomic E-state index is 12.7. The Hall–Kier alpha value is -2.74. The number of rotatable bonds is 8. The van der Waals surface area contributed by atoms with Crippen LogP contribution in [0.3, 0.4) is 0 Å². The molecule has 2 heterocycles. The van der Waals surface area contributed by atoms with Crippen LogP contribution in [0.2, 0.25) is 0 Å². The number of carbonyl (C=O) groups is 2. The second-order valence-corrected chi connectivity index (χ2v) is 10.1. The van der Waals surface area contributed by atoms with E-state index in [4.69, 9.17) is 9.47 Å². The Morgan fingerprint density at radius 3 is 2.42 bits per heavy atom. The quantitative estimate of drug-likeness (QED) is 0.454. The largest absolute Gasteiger partial charge is 0.497 e. The van der Waals surface area contributed by atoms with E-state index < -0.39 is 27.9 Å². The fraction of sp³-hybridized carbons (Fsp3) is 0.450. The molecule has 1 atom stereocenters. The molecule has 0 unspecified atom stereocenters. The number of benzene rings is 1. The van der Waals surface area contributed by atoms with Gasteiger partial charge in [0.15, 0.2) is 5.13 Å². The number of sulfonamides is 1. The summed E-state index contributed by atoms with van der Waals surface area (Å²) in [6.45, 7) is 5.96. The highest BCUT2D eigenvalue weighted by Crippen LogP contribution is 2.21. The van der Waals surface area contributed by atoms with E-state index in [1.54, 1.807) is 19.2 Å². The zero-order valence-electron chi connectivity index (χ0n) is 18.5. The van der Waals surface area contributed by atoms with Crippen LogP contribution in [0.1, 0.15) is 24.3 Å². The standard InChI is InChI=1S/C20H27N5O6S2/c1-13(2)17(24-33(28,29)15-6-4-14(30-3)5-7-15)19(27)23-22-18(26)16-12-32-20(21-16)25-8-10-31-11-9-25/h4-7,12-13,17,24H,8-11H2,1-3H3,(H,22,26)(H,23,27)/t17-/m0/s1. The van der Waals surface area contributed by atoms with Gasteiger partial charge in [0.2, 0.25) is 10.0 Å². The van der Waals surface area contributed by atoms with Crippen molar-refractivity contribution in [2.24, 2.45) is 5.92 Å². The molecule has 1 aliphatic heterocycles. The van der Waals surface area contributed by atoms with E-state index in [1.165, 1.54) is 42.7 Å². The molecule has 0 radical (unpaired) electrons. The number of nitrogens with zero attached hydrogens (tertiary/aromatic N) is 2. The molecule has 180 valence electrons. The zero-order valence-corrected chi connectivity index (χ0v) is 20.2. The summed E-state index contributed by atoms with van der Waals surface area (Å²) >= 11 is 1.32. The minimum atomic E-state index is -3.98. The number of hydrogen-bond donors (Lipinski definition) is 3. The van der Waals surface area contributed by atoms with Crippen molar-refractivity contribution in [2.75, 3.05) is 38.3 Å². The number of anilines is 1. The molecule has 2 aromatic rings. The minimum absolute atomic E-state index is 0.0103. The fourth-order valence-electron chi connectivity index (χ4n) is 3.01. The van der Waals surface area contributed by atoms with E-state index in [9.17, 15) is 18.0 Å². The second kappa shape index (κ2) is 10.9. The van der Waals surface area contributed by atoms with Gasteiger partial charge >= 0.3 is 0 Å². The first-order chi connectivity index (χ1) is 15.7. The number of carbonyl (C=O) groups excluding carboxylic acids is 2. The predicted octanol–water partition coefficient (Wildman–Crippen LogP) is 0.752. The van der Waals surface area contributed by atoms with Crippen LogP contribution in [-0.4, -0.2) is 64.7 Å². The summed E-state index contributed by atoms with van der Waals surface area (Å²) in [4.78, 5) is 31.4. The van der Waals surface area contributed by atoms with Crippen LogP contribution in [0.25, 0.3) is 0 Å². The van der Waals surface area contributed by atoms with Crippen molar-refractivity contribution in [1.29, 1.82) is 0 Å². The highest BCUT2D eigenvalue weighted by Gasteiger charge is 2.29. The van der Waals surface area contributed by atoms with Crippen LogP contribution in [0.5, 0.6) is 5.75 Å². The Kier molecular flexibility index (Phi) is 8.24. The molecule has 2 amide bonds. The van der Waals surface area contributed by atoms with Gasteiger partial charge < -0.3 is 14.4 Å². The molecule has 3 N–H and O–H groups in total. The first-order valence-corrected chi connectivity index (χ1v) is 12.6. The third-order valence-corrected chi connectivity index (χ3v) is 7.26. The van der Waals surface area contributed by atoms with E-state index in [0.29, 0.717) is 37.2 Å². The smallest absolute Gasteiger partial charge is 0.289 e. The molecule has 1 fully saturated rings. The molecular formula is C20H27N5O6S2. The van der Waals surface area contributed by atoms with Crippen molar-refractivity contribution in [2.45, 2.75) is 24.8 Å². The van der Waals surface area contributed by atoms with Crippen LogP contribution in [-0.2, 0) is 19.6 Å². The first kappa shape index (κ1) is 24.9. The average molecular weight is 498 g/mol. The molecule has 0 bridgehead atoms. The maximum Gasteiger partial charge on any atom is 0.289 e. The van der Waals surface area contributed by atoms with Crippen LogP contribution in [0, 0.1) is 5.92 Å². The molecule has 1 aromatic carbocycles. The molecule has 11 nitrogen and oxygen atoms in total. The summed E-state index contributed by atoms with van der Waals surface area (Å²) in [5, 5.41) is 2.29. The van der Waals surface area contributed by atoms with Gasteiger partial charge in [-0.1, -0.05) is 13.8 Å². The maximum atomic E-state index is 12.7. The number of ether oxygens (including phenoxy) is 2. The topological polar surface area (TPSA) is 139 Å². The molecule has 33 heavy (non-hydrogen) atoms. The van der Waals surface area contributed by atoms with Crippen molar-refractivity contribution in [3.05, 3.63) is 35.3 Å². The van der Waals surface area contributed by atoms with Crippen LogP contribution in [0.15, 0.2) is 34.5 Å². The Bertz CT molecular complexity index is 1060. The molecule has 3 rings (SSSR count). The van der Waals surface area contributed by atoms with Gasteiger partial charge in [0.1, 0.15) is 17.5 Å². The van der Waals surface area contributed by atoms with Gasteiger partial charge in [-0.3, -0.25) is 20.4 Å². The van der Waals surface area contributed by atoms with Gasteiger partial charge in [-0.25, -0.2) is 13.4 Å². The van der Waals surface area contributed by atoms with Gasteiger partial charge in [0.05, 0.1) is 25.2 Å². The fourth-order valence-corrected chi connectivity index (χ4v) is 5.21. The number of hydrazine groups is 1. The summed E-state index contributed by atoms with van der Waals surface area (Å²) < 4.78 is 38.2. The minimum Gasteiger partial charge on any atom is -0.497 e. The van der Waals surface area contributed by atoms with E-state index >= 15 is 0 Å². The Balaban J connectivity index is 1.60. The van der Waals surface area contributed by atoms with Crippen molar-refractivity contribution in [1.82, 2.24) is 20.6 Å². The van der Waals surface area contributed by atoms with Crippen molar-refractivity contribution in [3.63, 3.8) is 0 Å². The number of morpholine rings is 1. The van der Waals surface area contributed by atoms with Crippen LogP contribution in [0.4, 0.5) is 5.13 Å². The molecular weight excluding hydrogens is 470 g/mol. The number of nitrogens with one attached hydrogen (secondary N) is 3. The third kappa shape index (κ3) is 6.41. The van der Waals surface area contributed by atoms with Crippen molar-refractivity contribution < 1.29 is 27.5 Å². The normalized spacial score (nSPS) is 15.2. The predicted molar refractivity (Wildman–Crippen MR) is 123 cm³/mol. The first-order valence-electron chi connectivity index (χ1n) is 10.3. The van der Waals surface area contributed by atoms with E-state index in [2.05, 4.69) is 20.6 Å². The van der Waals surface area contributed by atoms with Gasteiger partial charge in [0.25, 0.3) is 11.8 Å². The van der Waals surface area contributed by atoms with Crippen LogP contribution >= 0.6 is 11.3 Å². The van der Waals surface area contributed by atoms with Gasteiger partial charge in [-0.05, 0) is 30.2 Å². The Labute approximate surface area is 196 Å². The number of amides is 2. The lowest BCUT2D eigenvalue weighted by molar-refractivity contribution is -0.124. The SMILES string of the molecule is COc1ccc(S(=O)(=O)N[C@H](C(=O)NNC(=O)c2csc(N3CCOCC3)n2)C(C)C)cc1. The molecule has 1 saturated heterocycles. The number of aromatic nitrogens is 1. The lowest BCUT2D eigenvalue weighted by Crippen LogP contribution is -2.54. The molecule has 0 saturated carbocycles. The van der Waals surface area contributed by atoms with Crippen LogP contribution < -0.4 is 25.2 Å². The summed E-state index contributed by atoms with van der Waals surface area (Å²) in [6, 6.07) is 4.67. The second-order valence-electron chi connectivity index (χ2n) is 7.58. The van der Waals surface area contributed by atoms with E-state index in [0.717, 1.165) is 0 Å². The molecule has 0 aliphatic carbocycles. The third-order valence-electron chi connectivity index (χ3n) is 4.91. The lowest BCUT2D eigenvalue weighted by atomic mass is 10.1. The molecule has 13 heteroatoms. The van der Waals surface area contributed by atoms with E-state index in [-0.39, 0.29) is 16.5 Å². The summed E-state index contributed by atoms with van der Waals surface area (Å²) in [5.41, 5.74) is 4.75. The number of methoxy groups -OCH3 is 1. The summed E-state index contributed by atoms with van der Waals surface area (Å²) in [6.07, 6.45) is 0. The zero-order chi connectivity index (χ0) is 24.0.